The molecule has 3 aliphatic heterocycles. The zero-order valence-electron chi connectivity index (χ0n) is 14.9. The van der Waals surface area contributed by atoms with Crippen molar-refractivity contribution in [2.75, 3.05) is 25.5 Å². The maximum absolute atomic E-state index is 12.9. The number of esters is 1. The first-order valence-electron chi connectivity index (χ1n) is 9.87. The molecule has 0 radical (unpaired) electrons. The first kappa shape index (κ1) is 14.6. The Morgan fingerprint density at radius 3 is 2.96 bits per heavy atom. The molecule has 0 aromatic heterocycles. The molecular weight excluding hydrogens is 312 g/mol. The molecule has 4 heteroatoms. The molecule has 1 aromatic rings. The average Bonchev–Trinajstić information content (AvgIpc) is 3.19. The molecule has 0 unspecified atom stereocenters. The number of hydrogen-bond acceptors (Lipinski definition) is 4. The van der Waals surface area contributed by atoms with Crippen LogP contribution in [0.3, 0.4) is 0 Å². The van der Waals surface area contributed by atoms with Gasteiger partial charge in [0, 0.05) is 17.1 Å². The van der Waals surface area contributed by atoms with Crippen molar-refractivity contribution in [1.29, 1.82) is 0 Å². The SMILES string of the molecule is COC(=O)[C@@H]1C[C@@]23CCCN4CC[C@]5(c6ccccc6N[C@@]15CC2)[C@H]43. The molecule has 7 rings (SSSR count). The van der Waals surface area contributed by atoms with Crippen molar-refractivity contribution in [3.8, 4) is 0 Å². The minimum atomic E-state index is -0.151. The van der Waals surface area contributed by atoms with Crippen LogP contribution in [0.25, 0.3) is 0 Å². The van der Waals surface area contributed by atoms with Crippen molar-refractivity contribution < 1.29 is 9.53 Å². The van der Waals surface area contributed by atoms with Crippen molar-refractivity contribution in [3.63, 3.8) is 0 Å². The number of carbonyl (C=O) groups is 1. The van der Waals surface area contributed by atoms with E-state index in [1.165, 1.54) is 50.0 Å². The lowest BCUT2D eigenvalue weighted by Crippen LogP contribution is -2.76. The van der Waals surface area contributed by atoms with Gasteiger partial charge in [-0.05, 0) is 68.7 Å². The third kappa shape index (κ3) is 1.38. The van der Waals surface area contributed by atoms with Crippen molar-refractivity contribution in [3.05, 3.63) is 29.8 Å². The van der Waals surface area contributed by atoms with E-state index < -0.39 is 0 Å². The minimum Gasteiger partial charge on any atom is -0.469 e. The van der Waals surface area contributed by atoms with E-state index in [4.69, 9.17) is 4.74 Å². The fourth-order valence-corrected chi connectivity index (χ4v) is 8.03. The molecule has 3 saturated carbocycles. The summed E-state index contributed by atoms with van der Waals surface area (Å²) >= 11 is 0. The Hall–Kier alpha value is -1.55. The highest BCUT2D eigenvalue weighted by Crippen LogP contribution is 2.74. The van der Waals surface area contributed by atoms with Crippen LogP contribution >= 0.6 is 0 Å². The van der Waals surface area contributed by atoms with Crippen LogP contribution in [0, 0.1) is 11.3 Å². The molecular formula is C21H26N2O2. The Morgan fingerprint density at radius 1 is 1.20 bits per heavy atom. The highest BCUT2D eigenvalue weighted by molar-refractivity contribution is 5.80. The summed E-state index contributed by atoms with van der Waals surface area (Å²) in [6.45, 7) is 2.41. The van der Waals surface area contributed by atoms with Crippen molar-refractivity contribution >= 4 is 11.7 Å². The first-order valence-corrected chi connectivity index (χ1v) is 9.87. The predicted octanol–water partition coefficient (Wildman–Crippen LogP) is 2.93. The Balaban J connectivity index is 1.65. The maximum atomic E-state index is 12.9. The molecule has 3 spiro atoms. The van der Waals surface area contributed by atoms with Gasteiger partial charge < -0.3 is 10.1 Å². The lowest BCUT2D eigenvalue weighted by atomic mass is 9.39. The summed E-state index contributed by atoms with van der Waals surface area (Å²) in [5.41, 5.74) is 2.97. The number of anilines is 1. The largest absolute Gasteiger partial charge is 0.469 e. The van der Waals surface area contributed by atoms with Gasteiger partial charge in [-0.3, -0.25) is 9.69 Å². The van der Waals surface area contributed by atoms with Crippen LogP contribution < -0.4 is 5.32 Å². The van der Waals surface area contributed by atoms with E-state index in [1.54, 1.807) is 7.11 Å². The molecule has 1 aromatic carbocycles. The van der Waals surface area contributed by atoms with Gasteiger partial charge in [0.2, 0.25) is 0 Å². The summed E-state index contributed by atoms with van der Waals surface area (Å²) in [4.78, 5) is 15.7. The Labute approximate surface area is 148 Å². The lowest BCUT2D eigenvalue weighted by Gasteiger charge is -2.69. The van der Waals surface area contributed by atoms with Gasteiger partial charge in [0.1, 0.15) is 0 Å². The van der Waals surface area contributed by atoms with Crippen LogP contribution in [0.5, 0.6) is 0 Å². The summed E-state index contributed by atoms with van der Waals surface area (Å²) in [5, 5.41) is 3.92. The van der Waals surface area contributed by atoms with Crippen molar-refractivity contribution in [2.45, 2.75) is 55.5 Å². The van der Waals surface area contributed by atoms with E-state index in [9.17, 15) is 4.79 Å². The van der Waals surface area contributed by atoms with Gasteiger partial charge in [-0.1, -0.05) is 18.2 Å². The fourth-order valence-electron chi connectivity index (χ4n) is 8.03. The molecule has 6 aliphatic rings. The van der Waals surface area contributed by atoms with Gasteiger partial charge in [-0.25, -0.2) is 0 Å². The number of nitrogens with zero attached hydrogens (tertiary/aromatic N) is 1. The Kier molecular flexibility index (Phi) is 2.57. The number of para-hydroxylation sites is 1. The molecule has 3 heterocycles. The fraction of sp³-hybridized carbons (Fsp3) is 0.667. The summed E-state index contributed by atoms with van der Waals surface area (Å²) in [5.74, 6) is -0.0193. The van der Waals surface area contributed by atoms with Crippen molar-refractivity contribution in [1.82, 2.24) is 4.90 Å². The lowest BCUT2D eigenvalue weighted by molar-refractivity contribution is -0.171. The first-order chi connectivity index (χ1) is 12.2. The number of piperidine rings is 1. The summed E-state index contributed by atoms with van der Waals surface area (Å²) in [6, 6.07) is 9.45. The highest BCUT2D eigenvalue weighted by Gasteiger charge is 2.78. The minimum absolute atomic E-state index is 0.00114. The second-order valence-corrected chi connectivity index (χ2v) is 9.05. The van der Waals surface area contributed by atoms with Gasteiger partial charge >= 0.3 is 5.97 Å². The van der Waals surface area contributed by atoms with Crippen LogP contribution in [-0.4, -0.2) is 42.6 Å². The van der Waals surface area contributed by atoms with E-state index in [-0.39, 0.29) is 22.8 Å². The number of benzene rings is 1. The molecule has 3 aliphatic carbocycles. The topological polar surface area (TPSA) is 41.6 Å². The van der Waals surface area contributed by atoms with Gasteiger partial charge in [0.15, 0.2) is 0 Å². The summed E-state index contributed by atoms with van der Waals surface area (Å²) in [7, 11) is 1.56. The molecule has 4 nitrogen and oxygen atoms in total. The van der Waals surface area contributed by atoms with Crippen LogP contribution in [0.15, 0.2) is 24.3 Å². The molecule has 5 fully saturated rings. The van der Waals surface area contributed by atoms with Gasteiger partial charge in [-0.15, -0.1) is 0 Å². The second kappa shape index (κ2) is 4.40. The van der Waals surface area contributed by atoms with Gasteiger partial charge in [-0.2, -0.15) is 0 Å². The standard InChI is InChI=1S/C21H26N2O2/c1-25-17(24)15-13-19-7-4-11-23-12-10-20(18(19)23)14-5-2-3-6-16(14)22-21(15,20)9-8-19/h2-3,5-6,15,18,22H,4,7-13H2,1H3/t15-,18+,19+,20-,21-/m0/s1. The second-order valence-electron chi connectivity index (χ2n) is 9.05. The number of ether oxygens (including phenoxy) is 1. The quantitative estimate of drug-likeness (QED) is 0.800. The molecule has 2 bridgehead atoms. The molecule has 2 saturated heterocycles. The molecule has 0 amide bonds. The number of fused-ring (bicyclic) bond motifs is 3. The third-order valence-corrected chi connectivity index (χ3v) is 8.60. The Morgan fingerprint density at radius 2 is 2.08 bits per heavy atom. The van der Waals surface area contributed by atoms with Gasteiger partial charge in [0.05, 0.1) is 18.6 Å². The number of hydrogen-bond donors (Lipinski definition) is 1. The van der Waals surface area contributed by atoms with Crippen LogP contribution in [0.2, 0.25) is 0 Å². The van der Waals surface area contributed by atoms with Crippen LogP contribution in [-0.2, 0) is 14.9 Å². The van der Waals surface area contributed by atoms with E-state index >= 15 is 0 Å². The molecule has 1 N–H and O–H groups in total. The van der Waals surface area contributed by atoms with E-state index in [0.717, 1.165) is 12.8 Å². The zero-order valence-corrected chi connectivity index (χ0v) is 14.9. The van der Waals surface area contributed by atoms with E-state index in [2.05, 4.69) is 34.5 Å². The zero-order chi connectivity index (χ0) is 16.9. The highest BCUT2D eigenvalue weighted by atomic mass is 16.5. The Bertz CT molecular complexity index is 779. The van der Waals surface area contributed by atoms with E-state index in [1.807, 2.05) is 0 Å². The number of nitrogens with one attached hydrogen (secondary N) is 1. The monoisotopic (exact) mass is 338 g/mol. The number of carbonyl (C=O) groups excluding carboxylic acids is 1. The van der Waals surface area contributed by atoms with E-state index in [0.29, 0.717) is 11.5 Å². The van der Waals surface area contributed by atoms with Crippen LogP contribution in [0.4, 0.5) is 5.69 Å². The summed E-state index contributed by atoms with van der Waals surface area (Å²) in [6.07, 6.45) is 7.10. The van der Waals surface area contributed by atoms with Crippen molar-refractivity contribution in [2.24, 2.45) is 11.3 Å². The predicted molar refractivity (Wildman–Crippen MR) is 95.5 cm³/mol. The molecule has 5 atom stereocenters. The average molecular weight is 338 g/mol. The van der Waals surface area contributed by atoms with Crippen LogP contribution in [0.1, 0.15) is 44.1 Å². The summed E-state index contributed by atoms with van der Waals surface area (Å²) < 4.78 is 5.33. The van der Waals surface area contributed by atoms with Gasteiger partial charge in [0.25, 0.3) is 0 Å². The normalized spacial score (nSPS) is 46.1. The number of methoxy groups -OCH3 is 1. The molecule has 132 valence electrons. The maximum Gasteiger partial charge on any atom is 0.311 e. The number of rotatable bonds is 1. The smallest absolute Gasteiger partial charge is 0.311 e. The third-order valence-electron chi connectivity index (χ3n) is 8.60. The molecule has 25 heavy (non-hydrogen) atoms.